The summed E-state index contributed by atoms with van der Waals surface area (Å²) in [5.74, 6) is 0. The summed E-state index contributed by atoms with van der Waals surface area (Å²) in [6, 6.07) is 2.82. The van der Waals surface area contributed by atoms with Crippen LogP contribution >= 0.6 is 0 Å². The van der Waals surface area contributed by atoms with Gasteiger partial charge in [-0.25, -0.2) is 4.68 Å². The van der Waals surface area contributed by atoms with E-state index in [0.29, 0.717) is 6.73 Å². The number of rotatable bonds is 8. The zero-order valence-corrected chi connectivity index (χ0v) is 14.4. The molecule has 1 aliphatic heterocycles. The van der Waals surface area contributed by atoms with Gasteiger partial charge in [-0.15, -0.1) is 0 Å². The van der Waals surface area contributed by atoms with Gasteiger partial charge >= 0.3 is 0 Å². The first-order valence-electron chi connectivity index (χ1n) is 9.43. The largest absolute Gasteiger partial charge is 0.359 e. The van der Waals surface area contributed by atoms with Gasteiger partial charge in [0.1, 0.15) is 6.73 Å². The maximum Gasteiger partial charge on any atom is 0.139 e. The van der Waals surface area contributed by atoms with E-state index in [0.717, 1.165) is 19.1 Å². The van der Waals surface area contributed by atoms with Crippen molar-refractivity contribution in [1.82, 2.24) is 19.6 Å². The van der Waals surface area contributed by atoms with Gasteiger partial charge in [0.25, 0.3) is 0 Å². The van der Waals surface area contributed by atoms with Crippen molar-refractivity contribution in [2.75, 3.05) is 39.3 Å². The molecule has 0 bridgehead atoms. The van der Waals surface area contributed by atoms with Crippen LogP contribution in [0.3, 0.4) is 0 Å². The zero-order valence-electron chi connectivity index (χ0n) is 14.4. The van der Waals surface area contributed by atoms with Crippen LogP contribution in [-0.2, 0) is 11.5 Å². The van der Waals surface area contributed by atoms with Crippen molar-refractivity contribution in [2.45, 2.75) is 57.7 Å². The number of aromatic nitrogens is 2. The van der Waals surface area contributed by atoms with Crippen molar-refractivity contribution in [2.24, 2.45) is 0 Å². The van der Waals surface area contributed by atoms with Crippen LogP contribution in [0.1, 0.15) is 44.9 Å². The number of ether oxygens (including phenoxy) is 1. The lowest BCUT2D eigenvalue weighted by Crippen LogP contribution is -2.50. The zero-order chi connectivity index (χ0) is 15.7. The first-order chi connectivity index (χ1) is 11.4. The molecule has 5 heteroatoms. The van der Waals surface area contributed by atoms with Gasteiger partial charge in [0.05, 0.1) is 0 Å². The molecule has 0 N–H and O–H groups in total. The van der Waals surface area contributed by atoms with Crippen molar-refractivity contribution in [1.29, 1.82) is 0 Å². The average Bonchev–Trinajstić information content (AvgIpc) is 3.13. The molecule has 5 nitrogen and oxygen atoms in total. The maximum atomic E-state index is 5.64. The fourth-order valence-corrected chi connectivity index (χ4v) is 3.87. The summed E-state index contributed by atoms with van der Waals surface area (Å²) in [6.45, 7) is 7.70. The predicted octanol–water partition coefficient (Wildman–Crippen LogP) is 2.59. The number of piperazine rings is 1. The van der Waals surface area contributed by atoms with E-state index >= 15 is 0 Å². The Hall–Kier alpha value is -0.910. The van der Waals surface area contributed by atoms with Crippen LogP contribution in [0.15, 0.2) is 18.5 Å². The minimum atomic E-state index is 0.576. The minimum absolute atomic E-state index is 0.576. The van der Waals surface area contributed by atoms with Gasteiger partial charge in [-0.2, -0.15) is 5.10 Å². The molecular weight excluding hydrogens is 288 g/mol. The molecule has 3 rings (SSSR count). The van der Waals surface area contributed by atoms with Crippen LogP contribution in [0.4, 0.5) is 0 Å². The van der Waals surface area contributed by atoms with Crippen LogP contribution in [0.2, 0.25) is 0 Å². The Morgan fingerprint density at radius 2 is 1.83 bits per heavy atom. The molecule has 0 unspecified atom stereocenters. The van der Waals surface area contributed by atoms with Gasteiger partial charge in [-0.05, 0) is 38.3 Å². The summed E-state index contributed by atoms with van der Waals surface area (Å²) in [6.07, 6.45) is 13.3. The molecule has 23 heavy (non-hydrogen) atoms. The molecule has 0 aromatic carbocycles. The fraction of sp³-hybridized carbons (Fsp3) is 0.833. The summed E-state index contributed by atoms with van der Waals surface area (Å²) in [7, 11) is 0. The first-order valence-corrected chi connectivity index (χ1v) is 9.43. The number of nitrogens with zero attached hydrogens (tertiary/aromatic N) is 4. The molecule has 0 radical (unpaired) electrons. The summed E-state index contributed by atoms with van der Waals surface area (Å²) in [5.41, 5.74) is 0. The number of unbranched alkanes of at least 4 members (excludes halogenated alkanes) is 1. The van der Waals surface area contributed by atoms with E-state index in [9.17, 15) is 0 Å². The van der Waals surface area contributed by atoms with Gasteiger partial charge < -0.3 is 9.64 Å². The Morgan fingerprint density at radius 1 is 1.00 bits per heavy atom. The van der Waals surface area contributed by atoms with E-state index in [4.69, 9.17) is 4.74 Å². The summed E-state index contributed by atoms with van der Waals surface area (Å²) in [5, 5.41) is 4.13. The number of hydrogen-bond acceptors (Lipinski definition) is 4. The molecule has 1 saturated heterocycles. The van der Waals surface area contributed by atoms with Crippen LogP contribution in [0, 0.1) is 0 Å². The third-order valence-corrected chi connectivity index (χ3v) is 5.29. The quantitative estimate of drug-likeness (QED) is 0.690. The van der Waals surface area contributed by atoms with E-state index in [2.05, 4.69) is 14.9 Å². The molecule has 2 fully saturated rings. The molecule has 1 aromatic heterocycles. The average molecular weight is 320 g/mol. The fourth-order valence-electron chi connectivity index (χ4n) is 3.87. The van der Waals surface area contributed by atoms with Crippen LogP contribution in [0.25, 0.3) is 0 Å². The van der Waals surface area contributed by atoms with E-state index in [1.54, 1.807) is 6.20 Å². The van der Waals surface area contributed by atoms with Crippen molar-refractivity contribution >= 4 is 0 Å². The lowest BCUT2D eigenvalue weighted by atomic mass is 9.94. The van der Waals surface area contributed by atoms with Gasteiger partial charge in [0, 0.05) is 51.2 Å². The molecule has 1 aromatic rings. The molecule has 130 valence electrons. The SMILES string of the molecule is c1cnn(COCCCCN2CCN(C3CCCCC3)CC2)c1. The second-order valence-electron chi connectivity index (χ2n) is 6.96. The van der Waals surface area contributed by atoms with Gasteiger partial charge in [-0.3, -0.25) is 4.90 Å². The normalized spacial score (nSPS) is 21.7. The standard InChI is InChI=1S/C18H32N4O/c1-2-7-18(8-3-1)21-14-12-20(13-15-21)10-4-5-16-23-17-22-11-6-9-19-22/h6,9,11,18H,1-5,7-8,10,12-17H2. The summed E-state index contributed by atoms with van der Waals surface area (Å²) >= 11 is 0. The molecule has 1 saturated carbocycles. The molecule has 0 spiro atoms. The highest BCUT2D eigenvalue weighted by Crippen LogP contribution is 2.23. The maximum absolute atomic E-state index is 5.64. The van der Waals surface area contributed by atoms with Crippen molar-refractivity contribution in [3.63, 3.8) is 0 Å². The molecule has 2 heterocycles. The van der Waals surface area contributed by atoms with E-state index in [1.807, 2.05) is 16.9 Å². The topological polar surface area (TPSA) is 33.5 Å². The van der Waals surface area contributed by atoms with Gasteiger partial charge in [0.15, 0.2) is 0 Å². The monoisotopic (exact) mass is 320 g/mol. The second kappa shape index (κ2) is 9.40. The van der Waals surface area contributed by atoms with E-state index < -0.39 is 0 Å². The lowest BCUT2D eigenvalue weighted by molar-refractivity contribution is 0.0583. The first kappa shape index (κ1) is 16.9. The van der Waals surface area contributed by atoms with Gasteiger partial charge in [-0.1, -0.05) is 19.3 Å². The van der Waals surface area contributed by atoms with Crippen molar-refractivity contribution in [3.8, 4) is 0 Å². The molecule has 1 aliphatic carbocycles. The summed E-state index contributed by atoms with van der Waals surface area (Å²) < 4.78 is 7.46. The summed E-state index contributed by atoms with van der Waals surface area (Å²) in [4.78, 5) is 5.38. The van der Waals surface area contributed by atoms with Crippen LogP contribution in [0.5, 0.6) is 0 Å². The molecule has 0 atom stereocenters. The Bertz CT molecular complexity index is 409. The molecule has 2 aliphatic rings. The third-order valence-electron chi connectivity index (χ3n) is 5.29. The second-order valence-corrected chi connectivity index (χ2v) is 6.96. The Kier molecular flexibility index (Phi) is 6.92. The number of hydrogen-bond donors (Lipinski definition) is 0. The molecular formula is C18H32N4O. The Labute approximate surface area is 140 Å². The van der Waals surface area contributed by atoms with Gasteiger partial charge in [0.2, 0.25) is 0 Å². The third kappa shape index (κ3) is 5.59. The Morgan fingerprint density at radius 3 is 2.57 bits per heavy atom. The molecule has 0 amide bonds. The van der Waals surface area contributed by atoms with Crippen molar-refractivity contribution < 1.29 is 4.74 Å². The lowest BCUT2D eigenvalue weighted by Gasteiger charge is -2.40. The van der Waals surface area contributed by atoms with Crippen molar-refractivity contribution in [3.05, 3.63) is 18.5 Å². The highest BCUT2D eigenvalue weighted by molar-refractivity contribution is 4.80. The minimum Gasteiger partial charge on any atom is -0.359 e. The Balaban J connectivity index is 1.20. The smallest absolute Gasteiger partial charge is 0.139 e. The van der Waals surface area contributed by atoms with Crippen LogP contribution in [-0.4, -0.2) is 65.0 Å². The van der Waals surface area contributed by atoms with E-state index in [-0.39, 0.29) is 0 Å². The van der Waals surface area contributed by atoms with E-state index in [1.165, 1.54) is 71.2 Å². The van der Waals surface area contributed by atoms with Crippen LogP contribution < -0.4 is 0 Å². The highest BCUT2D eigenvalue weighted by Gasteiger charge is 2.24. The predicted molar refractivity (Wildman–Crippen MR) is 92.3 cm³/mol. The highest BCUT2D eigenvalue weighted by atomic mass is 16.5.